The summed E-state index contributed by atoms with van der Waals surface area (Å²) in [6.45, 7) is 0. The molecular formula is C11H12F3NO. The summed E-state index contributed by atoms with van der Waals surface area (Å²) in [5.41, 5.74) is 4.94. The van der Waals surface area contributed by atoms with Gasteiger partial charge < -0.3 is 10.5 Å². The molecule has 0 saturated heterocycles. The Morgan fingerprint density at radius 3 is 2.44 bits per heavy atom. The molecule has 0 aliphatic heterocycles. The largest absolute Gasteiger partial charge is 0.496 e. The highest BCUT2D eigenvalue weighted by molar-refractivity contribution is 5.41. The lowest BCUT2D eigenvalue weighted by atomic mass is 9.69. The van der Waals surface area contributed by atoms with E-state index in [-0.39, 0.29) is 0 Å². The van der Waals surface area contributed by atoms with Crippen molar-refractivity contribution in [2.75, 3.05) is 7.11 Å². The fourth-order valence-electron chi connectivity index (χ4n) is 2.13. The summed E-state index contributed by atoms with van der Waals surface area (Å²) in [5.74, 6) is -2.92. The van der Waals surface area contributed by atoms with E-state index in [1.165, 1.54) is 19.2 Å². The first kappa shape index (κ1) is 11.3. The van der Waals surface area contributed by atoms with Gasteiger partial charge >= 0.3 is 0 Å². The molecule has 16 heavy (non-hydrogen) atoms. The second-order valence-electron chi connectivity index (χ2n) is 4.21. The molecule has 88 valence electrons. The third-order valence-electron chi connectivity index (χ3n) is 2.85. The van der Waals surface area contributed by atoms with Crippen LogP contribution in [0.1, 0.15) is 18.4 Å². The molecule has 5 heteroatoms. The lowest BCUT2D eigenvalue weighted by Gasteiger charge is -2.45. The van der Waals surface area contributed by atoms with E-state index in [2.05, 4.69) is 0 Å². The zero-order chi connectivity index (χ0) is 12.0. The average molecular weight is 231 g/mol. The number of halogens is 3. The number of ether oxygens (including phenoxy) is 1. The lowest BCUT2D eigenvalue weighted by Crippen LogP contribution is -2.55. The third kappa shape index (κ3) is 1.75. The minimum absolute atomic E-state index is 0.306. The van der Waals surface area contributed by atoms with Crippen LogP contribution in [0.2, 0.25) is 0 Å². The third-order valence-corrected chi connectivity index (χ3v) is 2.85. The van der Waals surface area contributed by atoms with Gasteiger partial charge in [0.1, 0.15) is 11.6 Å². The predicted molar refractivity (Wildman–Crippen MR) is 53.0 cm³/mol. The number of rotatable bonds is 2. The molecule has 2 rings (SSSR count). The summed E-state index contributed by atoms with van der Waals surface area (Å²) in [6, 6.07) is 3.77. The van der Waals surface area contributed by atoms with E-state index in [0.29, 0.717) is 11.3 Å². The molecular weight excluding hydrogens is 219 g/mol. The van der Waals surface area contributed by atoms with Crippen molar-refractivity contribution in [1.29, 1.82) is 0 Å². The van der Waals surface area contributed by atoms with E-state index in [1.807, 2.05) is 0 Å². The molecule has 1 saturated carbocycles. The van der Waals surface area contributed by atoms with Crippen molar-refractivity contribution < 1.29 is 17.9 Å². The molecule has 1 aliphatic rings. The van der Waals surface area contributed by atoms with E-state index >= 15 is 0 Å². The highest BCUT2D eigenvalue weighted by atomic mass is 19.3. The van der Waals surface area contributed by atoms with Crippen LogP contribution >= 0.6 is 0 Å². The Labute approximate surface area is 91.2 Å². The zero-order valence-corrected chi connectivity index (χ0v) is 8.77. The van der Waals surface area contributed by atoms with Crippen LogP contribution in [0.4, 0.5) is 13.2 Å². The Morgan fingerprint density at radius 2 is 1.94 bits per heavy atom. The van der Waals surface area contributed by atoms with E-state index in [4.69, 9.17) is 10.5 Å². The van der Waals surface area contributed by atoms with Crippen LogP contribution in [0.5, 0.6) is 5.75 Å². The normalized spacial score (nSPS) is 21.3. The van der Waals surface area contributed by atoms with Gasteiger partial charge in [0.05, 0.1) is 12.6 Å². The van der Waals surface area contributed by atoms with Gasteiger partial charge in [-0.2, -0.15) is 0 Å². The predicted octanol–water partition coefficient (Wildman–Crippen LogP) is 2.42. The molecule has 0 spiro atoms. The van der Waals surface area contributed by atoms with Crippen LogP contribution in [0.25, 0.3) is 0 Å². The van der Waals surface area contributed by atoms with Crippen molar-refractivity contribution >= 4 is 0 Å². The molecule has 0 aromatic heterocycles. The number of benzene rings is 1. The summed E-state index contributed by atoms with van der Waals surface area (Å²) in [6.07, 6.45) is -0.945. The van der Waals surface area contributed by atoms with Crippen molar-refractivity contribution in [3.05, 3.63) is 29.6 Å². The van der Waals surface area contributed by atoms with Gasteiger partial charge in [-0.1, -0.05) is 0 Å². The number of methoxy groups -OCH3 is 1. The van der Waals surface area contributed by atoms with Gasteiger partial charge in [-0.05, 0) is 18.2 Å². The molecule has 0 atom stereocenters. The number of alkyl halides is 2. The molecule has 1 aromatic rings. The molecule has 0 amide bonds. The molecule has 0 radical (unpaired) electrons. The Hall–Kier alpha value is -1.23. The minimum Gasteiger partial charge on any atom is -0.496 e. The van der Waals surface area contributed by atoms with E-state index in [9.17, 15) is 13.2 Å². The van der Waals surface area contributed by atoms with Crippen molar-refractivity contribution in [1.82, 2.24) is 0 Å². The summed E-state index contributed by atoms with van der Waals surface area (Å²) in [4.78, 5) is 0. The molecule has 0 heterocycles. The highest BCUT2D eigenvalue weighted by Gasteiger charge is 2.56. The van der Waals surface area contributed by atoms with E-state index < -0.39 is 30.1 Å². The molecule has 0 bridgehead atoms. The topological polar surface area (TPSA) is 35.2 Å². The van der Waals surface area contributed by atoms with Gasteiger partial charge in [-0.15, -0.1) is 0 Å². The lowest BCUT2D eigenvalue weighted by molar-refractivity contribution is -0.125. The van der Waals surface area contributed by atoms with Gasteiger partial charge in [0, 0.05) is 18.4 Å². The van der Waals surface area contributed by atoms with Crippen LogP contribution in [0.3, 0.4) is 0 Å². The monoisotopic (exact) mass is 231 g/mol. The van der Waals surface area contributed by atoms with Crippen LogP contribution in [0.15, 0.2) is 18.2 Å². The average Bonchev–Trinajstić information content (AvgIpc) is 2.14. The van der Waals surface area contributed by atoms with Crippen molar-refractivity contribution in [3.63, 3.8) is 0 Å². The quantitative estimate of drug-likeness (QED) is 0.848. The molecule has 2 nitrogen and oxygen atoms in total. The molecule has 1 aliphatic carbocycles. The van der Waals surface area contributed by atoms with Crippen LogP contribution in [-0.4, -0.2) is 13.0 Å². The minimum atomic E-state index is -2.76. The molecule has 0 unspecified atom stereocenters. The molecule has 1 fully saturated rings. The standard InChI is InChI=1S/C11H12F3NO/c1-16-9-3-2-7(12)4-8(9)10(15)5-11(13,14)6-10/h2-4H,5-6,15H2,1H3. The summed E-state index contributed by atoms with van der Waals surface area (Å²) >= 11 is 0. The van der Waals surface area contributed by atoms with Crippen LogP contribution in [0, 0.1) is 5.82 Å². The van der Waals surface area contributed by atoms with Gasteiger partial charge in [0.25, 0.3) is 5.92 Å². The maximum atomic E-state index is 13.1. The Kier molecular flexibility index (Phi) is 2.38. The van der Waals surface area contributed by atoms with Crippen LogP contribution in [-0.2, 0) is 5.54 Å². The maximum Gasteiger partial charge on any atom is 0.252 e. The van der Waals surface area contributed by atoms with E-state index in [0.717, 1.165) is 6.07 Å². The second-order valence-corrected chi connectivity index (χ2v) is 4.21. The van der Waals surface area contributed by atoms with Gasteiger partial charge in [0.2, 0.25) is 0 Å². The van der Waals surface area contributed by atoms with Gasteiger partial charge in [-0.25, -0.2) is 13.2 Å². The fraction of sp³-hybridized carbons (Fsp3) is 0.455. The smallest absolute Gasteiger partial charge is 0.252 e. The highest BCUT2D eigenvalue weighted by Crippen LogP contribution is 2.51. The zero-order valence-electron chi connectivity index (χ0n) is 8.77. The first-order valence-electron chi connectivity index (χ1n) is 4.87. The van der Waals surface area contributed by atoms with Gasteiger partial charge in [-0.3, -0.25) is 0 Å². The van der Waals surface area contributed by atoms with E-state index in [1.54, 1.807) is 0 Å². The fourth-order valence-corrected chi connectivity index (χ4v) is 2.13. The van der Waals surface area contributed by atoms with Crippen molar-refractivity contribution in [3.8, 4) is 5.75 Å². The SMILES string of the molecule is COc1ccc(F)cc1C1(N)CC(F)(F)C1. The maximum absolute atomic E-state index is 13.1. The first-order valence-corrected chi connectivity index (χ1v) is 4.87. The van der Waals surface area contributed by atoms with Crippen LogP contribution < -0.4 is 10.5 Å². The number of hydrogen-bond donors (Lipinski definition) is 1. The summed E-state index contributed by atoms with van der Waals surface area (Å²) < 4.78 is 43.7. The number of hydrogen-bond acceptors (Lipinski definition) is 2. The molecule has 2 N–H and O–H groups in total. The number of nitrogens with two attached hydrogens (primary N) is 1. The Balaban J connectivity index is 2.37. The summed E-state index contributed by atoms with van der Waals surface area (Å²) in [5, 5.41) is 0. The summed E-state index contributed by atoms with van der Waals surface area (Å²) in [7, 11) is 1.40. The second kappa shape index (κ2) is 3.38. The van der Waals surface area contributed by atoms with Crippen molar-refractivity contribution in [2.24, 2.45) is 5.73 Å². The Morgan fingerprint density at radius 1 is 1.31 bits per heavy atom. The Bertz CT molecular complexity index is 412. The van der Waals surface area contributed by atoms with Gasteiger partial charge in [0.15, 0.2) is 0 Å². The first-order chi connectivity index (χ1) is 7.36. The van der Waals surface area contributed by atoms with Crippen molar-refractivity contribution in [2.45, 2.75) is 24.3 Å². The molecule has 1 aromatic carbocycles.